The second-order valence-electron chi connectivity index (χ2n) is 16.1. The molecule has 0 radical (unpaired) electrons. The van der Waals surface area contributed by atoms with E-state index in [9.17, 15) is 32.5 Å². The van der Waals surface area contributed by atoms with Gasteiger partial charge in [0, 0.05) is 38.3 Å². The number of carbonyl (C=O) groups is 3. The second-order valence-corrected chi connectivity index (χ2v) is 17.5. The van der Waals surface area contributed by atoms with Crippen LogP contribution in [0.25, 0.3) is 0 Å². The maximum Gasteiger partial charge on any atom is 0.309 e. The molecule has 60 heavy (non-hydrogen) atoms. The van der Waals surface area contributed by atoms with Crippen LogP contribution < -0.4 is 5.73 Å². The maximum atomic E-state index is 14.7. The summed E-state index contributed by atoms with van der Waals surface area (Å²) in [5.74, 6) is -5.58. The molecule has 0 fully saturated rings. The highest BCUT2D eigenvalue weighted by atomic mass is 32.2. The highest BCUT2D eigenvalue weighted by molar-refractivity contribution is 7.85. The molecule has 1 aromatic rings. The van der Waals surface area contributed by atoms with Crippen molar-refractivity contribution in [1.82, 2.24) is 0 Å². The molecule has 0 spiro atoms. The number of ether oxygens (including phenoxy) is 7. The van der Waals surface area contributed by atoms with E-state index in [2.05, 4.69) is 27.9 Å². The zero-order valence-electron chi connectivity index (χ0n) is 37.7. The van der Waals surface area contributed by atoms with Gasteiger partial charge in [0.05, 0.1) is 83.6 Å². The summed E-state index contributed by atoms with van der Waals surface area (Å²) in [6.07, 6.45) is -1.13. The molecule has 16 nitrogen and oxygen atoms in total. The first-order valence-corrected chi connectivity index (χ1v) is 22.9. The van der Waals surface area contributed by atoms with Gasteiger partial charge in [-0.05, 0) is 90.3 Å². The molecule has 0 aliphatic rings. The predicted octanol–water partition coefficient (Wildman–Crippen LogP) is 4.97. The van der Waals surface area contributed by atoms with Crippen molar-refractivity contribution >= 4 is 28.0 Å². The number of hydrogen-bond donors (Lipinski definition) is 3. The minimum atomic E-state index is -4.47. The van der Waals surface area contributed by atoms with Crippen LogP contribution in [-0.2, 0) is 57.7 Å². The van der Waals surface area contributed by atoms with Crippen molar-refractivity contribution in [2.45, 2.75) is 110 Å². The molecule has 348 valence electrons. The molecule has 0 heterocycles. The number of esters is 1. The predicted molar refractivity (Wildman–Crippen MR) is 227 cm³/mol. The molecule has 1 amide bonds. The fraction of sp³-hybridized carbons (Fsp3) is 0.791. The minimum absolute atomic E-state index is 0.0695. The van der Waals surface area contributed by atoms with E-state index in [0.717, 1.165) is 17.6 Å². The Hall–Kier alpha value is -2.74. The van der Waals surface area contributed by atoms with Gasteiger partial charge in [0.1, 0.15) is 18.3 Å². The summed E-state index contributed by atoms with van der Waals surface area (Å²) in [4.78, 5) is 39.5. The molecule has 0 saturated heterocycles. The average Bonchev–Trinajstić information content (AvgIpc) is 3.19. The monoisotopic (exact) mass is 878 g/mol. The van der Waals surface area contributed by atoms with Gasteiger partial charge < -0.3 is 48.5 Å². The van der Waals surface area contributed by atoms with E-state index in [0.29, 0.717) is 44.8 Å². The summed E-state index contributed by atoms with van der Waals surface area (Å²) in [5, 5.41) is 10.5. The van der Waals surface area contributed by atoms with Crippen LogP contribution in [0, 0.1) is 23.7 Å². The number of nitrogens with zero attached hydrogens (tertiary/aromatic N) is 1. The summed E-state index contributed by atoms with van der Waals surface area (Å²) in [6, 6.07) is 5.84. The van der Waals surface area contributed by atoms with Crippen molar-refractivity contribution in [2.75, 3.05) is 93.3 Å². The number of aliphatic carboxylic acids is 1. The van der Waals surface area contributed by atoms with Crippen LogP contribution in [0.15, 0.2) is 29.2 Å². The summed E-state index contributed by atoms with van der Waals surface area (Å²) < 4.78 is 75.5. The van der Waals surface area contributed by atoms with Gasteiger partial charge >= 0.3 is 11.9 Å². The number of carboxylic acids is 1. The highest BCUT2D eigenvalue weighted by Crippen LogP contribution is 2.36. The van der Waals surface area contributed by atoms with Crippen molar-refractivity contribution in [1.29, 1.82) is 0 Å². The van der Waals surface area contributed by atoms with Crippen LogP contribution in [0.5, 0.6) is 0 Å². The number of amides is 1. The Balaban J connectivity index is 3.78. The van der Waals surface area contributed by atoms with E-state index in [4.69, 9.17) is 38.9 Å². The fourth-order valence-electron chi connectivity index (χ4n) is 7.06. The average molecular weight is 878 g/mol. The number of carboxylic acid groups (broad SMARTS) is 1. The Bertz CT molecular complexity index is 1420. The van der Waals surface area contributed by atoms with Crippen LogP contribution in [0.1, 0.15) is 92.1 Å². The largest absolute Gasteiger partial charge is 0.481 e. The normalized spacial score (nSPS) is 14.9. The first-order chi connectivity index (χ1) is 28.3. The summed E-state index contributed by atoms with van der Waals surface area (Å²) >= 11 is 0. The molecule has 0 aromatic heterocycles. The van der Waals surface area contributed by atoms with Crippen molar-refractivity contribution in [3.8, 4) is 0 Å². The maximum absolute atomic E-state index is 14.7. The third kappa shape index (κ3) is 22.4. The Morgan fingerprint density at radius 2 is 1.15 bits per heavy atom. The van der Waals surface area contributed by atoms with E-state index < -0.39 is 64.0 Å². The van der Waals surface area contributed by atoms with E-state index in [-0.39, 0.29) is 75.6 Å². The van der Waals surface area contributed by atoms with Gasteiger partial charge in [-0.15, -0.1) is 0 Å². The van der Waals surface area contributed by atoms with Crippen molar-refractivity contribution in [3.63, 3.8) is 0 Å². The number of rotatable bonds is 36. The standard InChI is InChI=1S/C43H76N2O14S/c1-10-32(41(44)46)21-35(42(47)48)23-36(22-34(20-31(7)24-45(8,9)11-2)33-16-18-40(19-17-33)60(50,51)52)43(49)59-39(29-57-37(25-53-12-3)26-54-13-4)30-58-38(27-55-14-5)28-56-15-6/h16-19,31-32,34-39H,10-15,20-30H2,1-9H3,(H3-,44,46,47,48,50,51,52)/p+1. The van der Waals surface area contributed by atoms with E-state index >= 15 is 0 Å². The number of nitrogens with two attached hydrogens (primary N) is 1. The summed E-state index contributed by atoms with van der Waals surface area (Å²) in [6.45, 7) is 17.7. The van der Waals surface area contributed by atoms with Gasteiger partial charge in [0.15, 0.2) is 0 Å². The zero-order valence-corrected chi connectivity index (χ0v) is 38.5. The van der Waals surface area contributed by atoms with E-state index in [1.807, 2.05) is 27.7 Å². The van der Waals surface area contributed by atoms with Gasteiger partial charge in [-0.2, -0.15) is 8.42 Å². The molecule has 5 unspecified atom stereocenters. The molecule has 1 rings (SSSR count). The quantitative estimate of drug-likeness (QED) is 0.0461. The van der Waals surface area contributed by atoms with Crippen LogP contribution in [-0.4, -0.2) is 152 Å². The molecule has 1 aromatic carbocycles. The number of carbonyl (C=O) groups excluding carboxylic acids is 2. The molecule has 0 aliphatic carbocycles. The molecule has 0 bridgehead atoms. The number of quaternary nitrogens is 1. The van der Waals surface area contributed by atoms with Crippen LogP contribution in [0.3, 0.4) is 0 Å². The van der Waals surface area contributed by atoms with Crippen LogP contribution in [0.2, 0.25) is 0 Å². The molecular formula is C43H77N2O14S+. The molecule has 0 saturated carbocycles. The third-order valence-electron chi connectivity index (χ3n) is 10.6. The van der Waals surface area contributed by atoms with Crippen molar-refractivity contribution < 1.29 is 70.1 Å². The summed E-state index contributed by atoms with van der Waals surface area (Å²) in [7, 11) is -0.226. The Morgan fingerprint density at radius 1 is 0.683 bits per heavy atom. The Labute approximate surface area is 359 Å². The van der Waals surface area contributed by atoms with E-state index in [1.54, 1.807) is 19.1 Å². The SMILES string of the molecule is CCOCC(COCC)OCC(COC(COCC)COCC)OC(=O)C(CC(CC(CC)C(N)=O)C(=O)O)CC(CC(C)C[N+](C)(C)CC)c1ccc(S(=O)(=O)O)cc1. The minimum Gasteiger partial charge on any atom is -0.481 e. The first-order valence-electron chi connectivity index (χ1n) is 21.5. The van der Waals surface area contributed by atoms with Crippen LogP contribution >= 0.6 is 0 Å². The zero-order chi connectivity index (χ0) is 45.3. The Kier molecular flexibility index (Phi) is 27.2. The lowest BCUT2D eigenvalue weighted by Gasteiger charge is -2.33. The third-order valence-corrected chi connectivity index (χ3v) is 11.5. The van der Waals surface area contributed by atoms with Gasteiger partial charge in [-0.25, -0.2) is 0 Å². The number of hydrogen-bond acceptors (Lipinski definition) is 12. The molecule has 5 atom stereocenters. The smallest absolute Gasteiger partial charge is 0.309 e. The first kappa shape index (κ1) is 55.3. The van der Waals surface area contributed by atoms with Gasteiger partial charge in [-0.3, -0.25) is 18.9 Å². The van der Waals surface area contributed by atoms with Crippen molar-refractivity contribution in [3.05, 3.63) is 29.8 Å². The molecular weight excluding hydrogens is 801 g/mol. The lowest BCUT2D eigenvalue weighted by molar-refractivity contribution is -0.891. The van der Waals surface area contributed by atoms with E-state index in [1.165, 1.54) is 12.1 Å². The van der Waals surface area contributed by atoms with Crippen LogP contribution in [0.4, 0.5) is 0 Å². The molecule has 4 N–H and O–H groups in total. The molecule has 0 aliphatic heterocycles. The highest BCUT2D eigenvalue weighted by Gasteiger charge is 2.36. The van der Waals surface area contributed by atoms with Gasteiger partial charge in [0.2, 0.25) is 5.91 Å². The number of primary amides is 1. The fourth-order valence-corrected chi connectivity index (χ4v) is 7.54. The van der Waals surface area contributed by atoms with Gasteiger partial charge in [0.25, 0.3) is 10.1 Å². The topological polar surface area (TPSA) is 216 Å². The second kappa shape index (κ2) is 29.5. The lowest BCUT2D eigenvalue weighted by Crippen LogP contribution is -2.43. The Morgan fingerprint density at radius 3 is 1.53 bits per heavy atom. The van der Waals surface area contributed by atoms with Gasteiger partial charge in [-0.1, -0.05) is 26.0 Å². The molecule has 17 heteroatoms. The van der Waals surface area contributed by atoms with Crippen molar-refractivity contribution in [2.24, 2.45) is 29.4 Å². The lowest BCUT2D eigenvalue weighted by atomic mass is 9.78. The number of benzene rings is 1. The summed E-state index contributed by atoms with van der Waals surface area (Å²) in [5.41, 5.74) is 6.36.